The van der Waals surface area contributed by atoms with Gasteiger partial charge in [-0.1, -0.05) is 53.8 Å². The molecule has 0 aliphatic carbocycles. The number of ether oxygens (including phenoxy) is 1. The molecule has 32 heavy (non-hydrogen) atoms. The predicted molar refractivity (Wildman–Crippen MR) is 116 cm³/mol. The highest BCUT2D eigenvalue weighted by molar-refractivity contribution is 7.17. The zero-order chi connectivity index (χ0) is 23.0. The van der Waals surface area contributed by atoms with E-state index in [1.807, 2.05) is 0 Å². The number of carbonyl (C=O) groups is 3. The number of ketones is 1. The normalized spacial score (nSPS) is 17.6. The van der Waals surface area contributed by atoms with Gasteiger partial charge in [-0.25, -0.2) is 14.2 Å². The molecule has 0 saturated carbocycles. The van der Waals surface area contributed by atoms with Crippen molar-refractivity contribution in [3.8, 4) is 0 Å². The summed E-state index contributed by atoms with van der Waals surface area (Å²) in [5.74, 6) is -3.30. The molecule has 2 heterocycles. The van der Waals surface area contributed by atoms with Gasteiger partial charge >= 0.3 is 11.9 Å². The molecule has 1 unspecified atom stereocenters. The van der Waals surface area contributed by atoms with Crippen LogP contribution in [0.5, 0.6) is 0 Å². The molecular formula is C23H17FN2O5S. The van der Waals surface area contributed by atoms with Gasteiger partial charge in [-0.2, -0.15) is 0 Å². The Morgan fingerprint density at radius 3 is 2.41 bits per heavy atom. The Bertz CT molecular complexity index is 1250. The number of aliphatic hydroxyl groups excluding tert-OH is 1. The van der Waals surface area contributed by atoms with Crippen molar-refractivity contribution in [3.63, 3.8) is 0 Å². The Balaban J connectivity index is 1.93. The van der Waals surface area contributed by atoms with Crippen LogP contribution in [-0.2, 0) is 14.3 Å². The molecule has 1 aliphatic rings. The minimum atomic E-state index is -1.06. The number of nitrogens with zero attached hydrogens (tertiary/aromatic N) is 2. The molecule has 1 amide bonds. The predicted octanol–water partition coefficient (Wildman–Crippen LogP) is 4.00. The summed E-state index contributed by atoms with van der Waals surface area (Å²) in [6.07, 6.45) is 0. The largest absolute Gasteiger partial charge is 0.507 e. The lowest BCUT2D eigenvalue weighted by atomic mass is 9.95. The van der Waals surface area contributed by atoms with Crippen LogP contribution >= 0.6 is 11.3 Å². The summed E-state index contributed by atoms with van der Waals surface area (Å²) in [4.78, 5) is 43.8. The Hall–Kier alpha value is -3.85. The fraction of sp³-hybridized carbons (Fsp3) is 0.130. The van der Waals surface area contributed by atoms with Gasteiger partial charge in [0.05, 0.1) is 24.4 Å². The standard InChI is InChI=1S/C23H17FN2O5S/c1-12-20(22(30)31-2)32-23(25-12)26-17(13-8-10-15(24)11-9-13)16(19(28)21(26)29)18(27)14-6-4-3-5-7-14/h3-11,17,27H,1-2H3/b18-16+. The van der Waals surface area contributed by atoms with E-state index in [1.165, 1.54) is 31.4 Å². The summed E-state index contributed by atoms with van der Waals surface area (Å²) in [6, 6.07) is 12.5. The molecule has 1 aliphatic heterocycles. The molecule has 7 nitrogen and oxygen atoms in total. The van der Waals surface area contributed by atoms with E-state index in [1.54, 1.807) is 37.3 Å². The highest BCUT2D eigenvalue weighted by atomic mass is 32.1. The van der Waals surface area contributed by atoms with Gasteiger partial charge in [-0.3, -0.25) is 14.5 Å². The van der Waals surface area contributed by atoms with Crippen LogP contribution in [0.15, 0.2) is 60.2 Å². The number of anilines is 1. The van der Waals surface area contributed by atoms with E-state index in [0.29, 0.717) is 16.8 Å². The van der Waals surface area contributed by atoms with Crippen LogP contribution in [0.3, 0.4) is 0 Å². The number of aromatic nitrogens is 1. The molecule has 1 aromatic heterocycles. The number of hydrogen-bond donors (Lipinski definition) is 1. The molecule has 162 valence electrons. The summed E-state index contributed by atoms with van der Waals surface area (Å²) in [5.41, 5.74) is 0.929. The number of rotatable bonds is 4. The molecule has 1 N–H and O–H groups in total. The van der Waals surface area contributed by atoms with E-state index in [4.69, 9.17) is 4.74 Å². The smallest absolute Gasteiger partial charge is 0.350 e. The topological polar surface area (TPSA) is 96.8 Å². The van der Waals surface area contributed by atoms with E-state index in [9.17, 15) is 23.9 Å². The maximum atomic E-state index is 13.6. The van der Waals surface area contributed by atoms with Gasteiger partial charge in [0.1, 0.15) is 16.5 Å². The fourth-order valence-electron chi connectivity index (χ4n) is 3.51. The quantitative estimate of drug-likeness (QED) is 0.278. The van der Waals surface area contributed by atoms with Crippen molar-refractivity contribution in [1.29, 1.82) is 0 Å². The fourth-order valence-corrected chi connectivity index (χ4v) is 4.52. The van der Waals surface area contributed by atoms with Crippen molar-refractivity contribution < 1.29 is 28.6 Å². The average molecular weight is 452 g/mol. The number of halogens is 1. The number of Topliss-reactive ketones (excluding diaryl/α,β-unsaturated/α-hetero) is 1. The van der Waals surface area contributed by atoms with E-state index >= 15 is 0 Å². The second kappa shape index (κ2) is 8.35. The second-order valence-corrected chi connectivity index (χ2v) is 7.97. The lowest BCUT2D eigenvalue weighted by molar-refractivity contribution is -0.132. The van der Waals surface area contributed by atoms with Gasteiger partial charge in [0.25, 0.3) is 5.78 Å². The molecule has 0 bridgehead atoms. The van der Waals surface area contributed by atoms with Crippen LogP contribution in [-0.4, -0.2) is 34.9 Å². The van der Waals surface area contributed by atoms with Crippen LogP contribution in [0.1, 0.15) is 32.5 Å². The van der Waals surface area contributed by atoms with Gasteiger partial charge in [0.2, 0.25) is 0 Å². The number of methoxy groups -OCH3 is 1. The first-order valence-electron chi connectivity index (χ1n) is 9.51. The third-order valence-electron chi connectivity index (χ3n) is 5.04. The summed E-state index contributed by atoms with van der Waals surface area (Å²) >= 11 is 0.895. The first-order valence-corrected chi connectivity index (χ1v) is 10.3. The van der Waals surface area contributed by atoms with Crippen LogP contribution in [0.25, 0.3) is 5.76 Å². The zero-order valence-corrected chi connectivity index (χ0v) is 17.9. The highest BCUT2D eigenvalue weighted by Crippen LogP contribution is 2.43. The maximum Gasteiger partial charge on any atom is 0.350 e. The van der Waals surface area contributed by atoms with Crippen molar-refractivity contribution in [2.75, 3.05) is 12.0 Å². The third kappa shape index (κ3) is 3.56. The Morgan fingerprint density at radius 1 is 1.12 bits per heavy atom. The van der Waals surface area contributed by atoms with Crippen molar-refractivity contribution in [2.45, 2.75) is 13.0 Å². The monoisotopic (exact) mass is 452 g/mol. The van der Waals surface area contributed by atoms with Crippen molar-refractivity contribution in [1.82, 2.24) is 4.98 Å². The summed E-state index contributed by atoms with van der Waals surface area (Å²) in [6.45, 7) is 1.58. The van der Waals surface area contributed by atoms with Crippen LogP contribution < -0.4 is 4.90 Å². The number of thiazole rings is 1. The Labute approximate surface area is 186 Å². The van der Waals surface area contributed by atoms with Crippen molar-refractivity contribution >= 4 is 39.9 Å². The van der Waals surface area contributed by atoms with E-state index in [0.717, 1.165) is 16.2 Å². The van der Waals surface area contributed by atoms with E-state index in [-0.39, 0.29) is 21.3 Å². The number of aliphatic hydroxyl groups is 1. The van der Waals surface area contributed by atoms with Crippen molar-refractivity contribution in [2.24, 2.45) is 0 Å². The van der Waals surface area contributed by atoms with Crippen LogP contribution in [0.4, 0.5) is 9.52 Å². The van der Waals surface area contributed by atoms with Gasteiger partial charge in [-0.05, 0) is 24.6 Å². The lowest BCUT2D eigenvalue weighted by Gasteiger charge is -2.23. The molecule has 1 fully saturated rings. The van der Waals surface area contributed by atoms with Gasteiger partial charge in [-0.15, -0.1) is 0 Å². The molecule has 0 spiro atoms. The SMILES string of the molecule is COC(=O)c1sc(N2C(=O)C(=O)/C(=C(/O)c3ccccc3)C2c2ccc(F)cc2)nc1C. The first-order chi connectivity index (χ1) is 15.3. The Morgan fingerprint density at radius 2 is 1.78 bits per heavy atom. The number of hydrogen-bond acceptors (Lipinski definition) is 7. The Kier molecular flexibility index (Phi) is 5.58. The first kappa shape index (κ1) is 21.4. The third-order valence-corrected chi connectivity index (χ3v) is 6.18. The van der Waals surface area contributed by atoms with E-state index < -0.39 is 29.5 Å². The summed E-state index contributed by atoms with van der Waals surface area (Å²) in [5, 5.41) is 11.0. The summed E-state index contributed by atoms with van der Waals surface area (Å²) < 4.78 is 18.3. The van der Waals surface area contributed by atoms with Gasteiger partial charge < -0.3 is 9.84 Å². The lowest BCUT2D eigenvalue weighted by Crippen LogP contribution is -2.29. The summed E-state index contributed by atoms with van der Waals surface area (Å²) in [7, 11) is 1.23. The van der Waals surface area contributed by atoms with Gasteiger partial charge in [0, 0.05) is 5.56 Å². The minimum absolute atomic E-state index is 0.0893. The number of amides is 1. The number of carbonyl (C=O) groups excluding carboxylic acids is 3. The maximum absolute atomic E-state index is 13.6. The average Bonchev–Trinajstić information content (AvgIpc) is 3.31. The molecular weight excluding hydrogens is 435 g/mol. The molecule has 0 radical (unpaired) electrons. The number of esters is 1. The van der Waals surface area contributed by atoms with Crippen LogP contribution in [0.2, 0.25) is 0 Å². The number of benzene rings is 2. The second-order valence-electron chi connectivity index (χ2n) is 6.99. The van der Waals surface area contributed by atoms with E-state index in [2.05, 4.69) is 4.98 Å². The van der Waals surface area contributed by atoms with Crippen molar-refractivity contribution in [3.05, 3.63) is 87.7 Å². The minimum Gasteiger partial charge on any atom is -0.507 e. The number of aryl methyl sites for hydroxylation is 1. The molecule has 3 aromatic rings. The molecule has 4 rings (SSSR count). The molecule has 2 aromatic carbocycles. The highest BCUT2D eigenvalue weighted by Gasteiger charge is 2.48. The molecule has 1 saturated heterocycles. The van der Waals surface area contributed by atoms with Gasteiger partial charge in [0.15, 0.2) is 5.13 Å². The zero-order valence-electron chi connectivity index (χ0n) is 17.0. The molecule has 9 heteroatoms. The molecule has 1 atom stereocenters. The van der Waals surface area contributed by atoms with Crippen LogP contribution in [0, 0.1) is 12.7 Å².